The normalized spacial score (nSPS) is 11.5. The van der Waals surface area contributed by atoms with Crippen molar-refractivity contribution >= 4 is 65.9 Å². The van der Waals surface area contributed by atoms with E-state index < -0.39 is 0 Å². The molecule has 0 aliphatic heterocycles. The maximum atomic E-state index is 2.50. The standard InChI is InChI=1S/C66H44N2/c1-3-15-45(16-4-1)46-29-31-47(32-30-46)48-33-39-53(40-34-48)67(54-41-35-50(36-42-54)57-25-13-20-49-17-7-8-21-56(49)57)55-43-37-51(38-44-55)58-26-14-28-63-65(58)64(52-18-5-2-6-19-52)66-61-24-10-9-22-59(61)60-23-11-12-27-62(60)68(63)66/h1-44H. The van der Waals surface area contributed by atoms with E-state index in [2.05, 4.69) is 276 Å². The SMILES string of the molecule is c1ccc(-c2ccc(-c3ccc(N(c4ccc(-c5cccc6ccccc56)cc4)c4ccc(-c5cccc6c5c(-c5ccccc5)c5c7ccccc7c7ccccc7n65)cc4)cc3)cc2)cc1. The highest BCUT2D eigenvalue weighted by atomic mass is 15.1. The molecule has 2 aromatic heterocycles. The van der Waals surface area contributed by atoms with Crippen LogP contribution in [0.4, 0.5) is 17.1 Å². The fraction of sp³-hybridized carbons (Fsp3) is 0. The second-order valence-electron chi connectivity index (χ2n) is 17.6. The molecule has 0 spiro atoms. The molecule has 11 aromatic carbocycles. The summed E-state index contributed by atoms with van der Waals surface area (Å²) in [5.74, 6) is 0. The number of nitrogens with zero attached hydrogens (tertiary/aromatic N) is 2. The van der Waals surface area contributed by atoms with Crippen LogP contribution in [-0.4, -0.2) is 4.40 Å². The number of benzene rings is 11. The summed E-state index contributed by atoms with van der Waals surface area (Å²) in [5, 5.41) is 7.51. The molecule has 0 N–H and O–H groups in total. The van der Waals surface area contributed by atoms with Crippen LogP contribution in [0.5, 0.6) is 0 Å². The molecule has 0 fully saturated rings. The van der Waals surface area contributed by atoms with Crippen LogP contribution in [0.1, 0.15) is 0 Å². The first-order valence-electron chi connectivity index (χ1n) is 23.4. The van der Waals surface area contributed by atoms with Gasteiger partial charge in [-0.1, -0.05) is 218 Å². The van der Waals surface area contributed by atoms with Crippen LogP contribution in [0.3, 0.4) is 0 Å². The van der Waals surface area contributed by atoms with E-state index in [-0.39, 0.29) is 0 Å². The second-order valence-corrected chi connectivity index (χ2v) is 17.6. The summed E-state index contributed by atoms with van der Waals surface area (Å²) in [6.45, 7) is 0. The minimum absolute atomic E-state index is 1.08. The maximum Gasteiger partial charge on any atom is 0.0626 e. The molecule has 2 heteroatoms. The zero-order valence-corrected chi connectivity index (χ0v) is 37.3. The van der Waals surface area contributed by atoms with Crippen LogP contribution in [0.15, 0.2) is 267 Å². The fourth-order valence-corrected chi connectivity index (χ4v) is 10.6. The van der Waals surface area contributed by atoms with Crippen molar-refractivity contribution in [1.29, 1.82) is 0 Å². The lowest BCUT2D eigenvalue weighted by atomic mass is 9.94. The Hall–Kier alpha value is -8.98. The van der Waals surface area contributed by atoms with Gasteiger partial charge in [-0.3, -0.25) is 0 Å². The number of hydrogen-bond acceptors (Lipinski definition) is 1. The molecule has 0 radical (unpaired) electrons. The summed E-state index contributed by atoms with van der Waals surface area (Å²) in [6.07, 6.45) is 0. The van der Waals surface area contributed by atoms with E-state index in [1.54, 1.807) is 0 Å². The number of fused-ring (bicyclic) bond motifs is 9. The van der Waals surface area contributed by atoms with Gasteiger partial charge in [0.05, 0.1) is 16.6 Å². The number of anilines is 3. The highest BCUT2D eigenvalue weighted by molar-refractivity contribution is 6.24. The Kier molecular flexibility index (Phi) is 9.54. The molecule has 0 amide bonds. The van der Waals surface area contributed by atoms with Crippen molar-refractivity contribution in [3.05, 3.63) is 267 Å². The van der Waals surface area contributed by atoms with Crippen LogP contribution in [0.2, 0.25) is 0 Å². The van der Waals surface area contributed by atoms with E-state index in [0.717, 1.165) is 17.1 Å². The van der Waals surface area contributed by atoms with Crippen molar-refractivity contribution in [1.82, 2.24) is 4.40 Å². The molecule has 0 aliphatic carbocycles. The molecule has 0 saturated heterocycles. The largest absolute Gasteiger partial charge is 0.311 e. The van der Waals surface area contributed by atoms with E-state index in [0.29, 0.717) is 0 Å². The van der Waals surface area contributed by atoms with Crippen molar-refractivity contribution in [2.45, 2.75) is 0 Å². The maximum absolute atomic E-state index is 2.50. The third-order valence-electron chi connectivity index (χ3n) is 13.8. The van der Waals surface area contributed by atoms with Gasteiger partial charge in [0.15, 0.2) is 0 Å². The molecule has 13 aromatic rings. The van der Waals surface area contributed by atoms with Crippen LogP contribution >= 0.6 is 0 Å². The quantitative estimate of drug-likeness (QED) is 0.138. The summed E-state index contributed by atoms with van der Waals surface area (Å²) < 4.78 is 2.50. The Morgan fingerprint density at radius 2 is 0.662 bits per heavy atom. The summed E-state index contributed by atoms with van der Waals surface area (Å²) in [4.78, 5) is 2.37. The van der Waals surface area contributed by atoms with Gasteiger partial charge in [0.1, 0.15) is 0 Å². The highest BCUT2D eigenvalue weighted by Gasteiger charge is 2.22. The van der Waals surface area contributed by atoms with Gasteiger partial charge in [0.2, 0.25) is 0 Å². The van der Waals surface area contributed by atoms with Crippen LogP contribution in [0.25, 0.3) is 105 Å². The first-order valence-corrected chi connectivity index (χ1v) is 23.4. The number of hydrogen-bond donors (Lipinski definition) is 0. The molecular weight excluding hydrogens is 821 g/mol. The molecule has 0 atom stereocenters. The first-order chi connectivity index (χ1) is 33.7. The van der Waals surface area contributed by atoms with Crippen molar-refractivity contribution < 1.29 is 0 Å². The predicted molar refractivity (Wildman–Crippen MR) is 289 cm³/mol. The summed E-state index contributed by atoms with van der Waals surface area (Å²) >= 11 is 0. The summed E-state index contributed by atoms with van der Waals surface area (Å²) in [6, 6.07) is 97.3. The van der Waals surface area contributed by atoms with Crippen LogP contribution in [0, 0.1) is 0 Å². The van der Waals surface area contributed by atoms with Gasteiger partial charge in [0.25, 0.3) is 0 Å². The molecule has 318 valence electrons. The van der Waals surface area contributed by atoms with Gasteiger partial charge >= 0.3 is 0 Å². The highest BCUT2D eigenvalue weighted by Crippen LogP contribution is 2.46. The molecule has 0 unspecified atom stereocenters. The molecular formula is C66H44N2. The third-order valence-corrected chi connectivity index (χ3v) is 13.8. The van der Waals surface area contributed by atoms with Crippen molar-refractivity contribution in [3.8, 4) is 55.6 Å². The third kappa shape index (κ3) is 6.65. The van der Waals surface area contributed by atoms with Crippen LogP contribution < -0.4 is 4.90 Å². The van der Waals surface area contributed by atoms with E-state index in [4.69, 9.17) is 0 Å². The molecule has 0 aliphatic rings. The molecule has 0 saturated carbocycles. The van der Waals surface area contributed by atoms with Gasteiger partial charge in [-0.25, -0.2) is 0 Å². The molecule has 13 rings (SSSR count). The zero-order chi connectivity index (χ0) is 45.0. The topological polar surface area (TPSA) is 7.65 Å². The number of para-hydroxylation sites is 1. The lowest BCUT2D eigenvalue weighted by Crippen LogP contribution is -2.09. The fourth-order valence-electron chi connectivity index (χ4n) is 10.6. The second kappa shape index (κ2) is 16.5. The van der Waals surface area contributed by atoms with Gasteiger partial charge in [-0.15, -0.1) is 0 Å². The average Bonchev–Trinajstić information content (AvgIpc) is 3.78. The number of pyridine rings is 1. The Bertz CT molecular complexity index is 3960. The van der Waals surface area contributed by atoms with Gasteiger partial charge in [0, 0.05) is 38.8 Å². The first kappa shape index (κ1) is 39.4. The minimum Gasteiger partial charge on any atom is -0.311 e. The lowest BCUT2D eigenvalue weighted by molar-refractivity contribution is 1.28. The number of rotatable bonds is 8. The minimum atomic E-state index is 1.08. The molecule has 2 heterocycles. The number of aromatic nitrogens is 1. The Balaban J connectivity index is 0.943. The Morgan fingerprint density at radius 1 is 0.250 bits per heavy atom. The summed E-state index contributed by atoms with van der Waals surface area (Å²) in [7, 11) is 0. The molecule has 2 nitrogen and oxygen atoms in total. The van der Waals surface area contributed by atoms with Crippen molar-refractivity contribution in [2.24, 2.45) is 0 Å². The summed E-state index contributed by atoms with van der Waals surface area (Å²) in [5.41, 5.74) is 19.0. The van der Waals surface area contributed by atoms with E-state index in [9.17, 15) is 0 Å². The van der Waals surface area contributed by atoms with Gasteiger partial charge in [-0.05, 0) is 115 Å². The van der Waals surface area contributed by atoms with Crippen molar-refractivity contribution in [2.75, 3.05) is 4.90 Å². The smallest absolute Gasteiger partial charge is 0.0626 e. The Labute approximate surface area is 395 Å². The lowest BCUT2D eigenvalue weighted by Gasteiger charge is -2.26. The molecule has 0 bridgehead atoms. The van der Waals surface area contributed by atoms with Crippen LogP contribution in [-0.2, 0) is 0 Å². The van der Waals surface area contributed by atoms with Gasteiger partial charge in [-0.2, -0.15) is 0 Å². The average molecular weight is 865 g/mol. The molecule has 68 heavy (non-hydrogen) atoms. The van der Waals surface area contributed by atoms with E-state index >= 15 is 0 Å². The zero-order valence-electron chi connectivity index (χ0n) is 37.3. The van der Waals surface area contributed by atoms with E-state index in [1.807, 2.05) is 0 Å². The predicted octanol–water partition coefficient (Wildman–Crippen LogP) is 18.4. The van der Waals surface area contributed by atoms with Crippen molar-refractivity contribution in [3.63, 3.8) is 0 Å². The Morgan fingerprint density at radius 3 is 1.29 bits per heavy atom. The monoisotopic (exact) mass is 864 g/mol. The van der Waals surface area contributed by atoms with E-state index in [1.165, 1.54) is 105 Å². The van der Waals surface area contributed by atoms with Gasteiger partial charge < -0.3 is 9.30 Å².